The zero-order valence-corrected chi connectivity index (χ0v) is 12.7. The second-order valence-corrected chi connectivity index (χ2v) is 6.09. The van der Waals surface area contributed by atoms with Crippen LogP contribution in [0, 0.1) is 12.8 Å². The van der Waals surface area contributed by atoms with Crippen LogP contribution in [-0.2, 0) is 6.54 Å². The van der Waals surface area contributed by atoms with Gasteiger partial charge in [0.1, 0.15) is 0 Å². The number of hydrogen-bond donors (Lipinski definition) is 2. The third kappa shape index (κ3) is 4.50. The molecule has 104 valence electrons. The highest BCUT2D eigenvalue weighted by molar-refractivity contribution is 7.80. The molecule has 1 aliphatic rings. The van der Waals surface area contributed by atoms with Gasteiger partial charge in [-0.2, -0.15) is 0 Å². The molecule has 1 saturated carbocycles. The van der Waals surface area contributed by atoms with Gasteiger partial charge in [0.25, 0.3) is 0 Å². The first-order valence-electron chi connectivity index (χ1n) is 7.25. The highest BCUT2D eigenvalue weighted by Gasteiger charge is 2.21. The molecule has 0 amide bonds. The first-order chi connectivity index (χ1) is 9.15. The lowest BCUT2D eigenvalue weighted by Crippen LogP contribution is -2.45. The lowest BCUT2D eigenvalue weighted by atomic mass is 9.86. The second-order valence-electron chi connectivity index (χ2n) is 5.68. The largest absolute Gasteiger partial charge is 0.360 e. The zero-order chi connectivity index (χ0) is 13.7. The fourth-order valence-electron chi connectivity index (χ4n) is 2.64. The van der Waals surface area contributed by atoms with Crippen molar-refractivity contribution in [2.24, 2.45) is 5.92 Å². The van der Waals surface area contributed by atoms with Crippen LogP contribution >= 0.6 is 12.2 Å². The van der Waals surface area contributed by atoms with Gasteiger partial charge in [-0.25, -0.2) is 0 Å². The minimum Gasteiger partial charge on any atom is -0.360 e. The number of nitrogens with one attached hydrogen (secondary N) is 2. The smallest absolute Gasteiger partial charge is 0.166 e. The Morgan fingerprint density at radius 2 is 1.89 bits per heavy atom. The van der Waals surface area contributed by atoms with Crippen LogP contribution in [0.25, 0.3) is 0 Å². The third-order valence-corrected chi connectivity index (χ3v) is 4.26. The van der Waals surface area contributed by atoms with E-state index in [0.29, 0.717) is 6.04 Å². The summed E-state index contributed by atoms with van der Waals surface area (Å²) in [7, 11) is 0. The monoisotopic (exact) mass is 276 g/mol. The Morgan fingerprint density at radius 3 is 2.58 bits per heavy atom. The van der Waals surface area contributed by atoms with Crippen LogP contribution in [0.2, 0.25) is 0 Å². The van der Waals surface area contributed by atoms with Crippen LogP contribution in [-0.4, -0.2) is 11.2 Å². The highest BCUT2D eigenvalue weighted by atomic mass is 32.1. The summed E-state index contributed by atoms with van der Waals surface area (Å²) in [6, 6.07) is 9.11. The molecule has 3 heteroatoms. The lowest BCUT2D eigenvalue weighted by Gasteiger charge is -2.30. The predicted octanol–water partition coefficient (Wildman–Crippen LogP) is 3.54. The molecule has 2 N–H and O–H groups in total. The van der Waals surface area contributed by atoms with Gasteiger partial charge in [0.2, 0.25) is 0 Å². The maximum atomic E-state index is 5.39. The summed E-state index contributed by atoms with van der Waals surface area (Å²) in [5.41, 5.74) is 2.56. The fourth-order valence-corrected chi connectivity index (χ4v) is 2.86. The first-order valence-corrected chi connectivity index (χ1v) is 7.66. The van der Waals surface area contributed by atoms with Crippen LogP contribution in [0.5, 0.6) is 0 Å². The Balaban J connectivity index is 1.76. The molecule has 0 unspecified atom stereocenters. The minimum absolute atomic E-state index is 0.548. The quantitative estimate of drug-likeness (QED) is 0.826. The molecule has 2 nitrogen and oxygen atoms in total. The van der Waals surface area contributed by atoms with Gasteiger partial charge in [-0.05, 0) is 43.5 Å². The Kier molecular flexibility index (Phi) is 5.20. The van der Waals surface area contributed by atoms with Crippen molar-refractivity contribution in [3.63, 3.8) is 0 Å². The Bertz CT molecular complexity index is 413. The molecule has 0 saturated heterocycles. The van der Waals surface area contributed by atoms with E-state index in [1.807, 2.05) is 0 Å². The number of rotatable bonds is 3. The standard InChI is InChI=1S/C16H24N2S/c1-12-7-9-14(10-8-12)11-17-16(19)18-15-6-4-3-5-13(15)2/h7-10,13,15H,3-6,11H2,1-2H3,(H2,17,18,19)/t13-,15-/m0/s1. The lowest BCUT2D eigenvalue weighted by molar-refractivity contribution is 0.308. The van der Waals surface area contributed by atoms with Crippen molar-refractivity contribution < 1.29 is 0 Å². The third-order valence-electron chi connectivity index (χ3n) is 4.00. The molecule has 0 radical (unpaired) electrons. The van der Waals surface area contributed by atoms with Crippen molar-refractivity contribution in [1.29, 1.82) is 0 Å². The Hall–Kier alpha value is -1.09. The van der Waals surface area contributed by atoms with Gasteiger partial charge >= 0.3 is 0 Å². The number of hydrogen-bond acceptors (Lipinski definition) is 1. The van der Waals surface area contributed by atoms with Crippen molar-refractivity contribution in [3.05, 3.63) is 35.4 Å². The summed E-state index contributed by atoms with van der Waals surface area (Å²) in [5, 5.41) is 7.57. The van der Waals surface area contributed by atoms with E-state index in [1.165, 1.54) is 36.8 Å². The van der Waals surface area contributed by atoms with E-state index in [-0.39, 0.29) is 0 Å². The van der Waals surface area contributed by atoms with Crippen molar-refractivity contribution in [2.75, 3.05) is 0 Å². The second kappa shape index (κ2) is 6.90. The molecule has 0 spiro atoms. The average Bonchev–Trinajstić information content (AvgIpc) is 2.41. The van der Waals surface area contributed by atoms with Gasteiger partial charge in [-0.15, -0.1) is 0 Å². The zero-order valence-electron chi connectivity index (χ0n) is 11.9. The number of thiocarbonyl (C=S) groups is 1. The van der Waals surface area contributed by atoms with E-state index >= 15 is 0 Å². The van der Waals surface area contributed by atoms with Crippen molar-refractivity contribution in [3.8, 4) is 0 Å². The summed E-state index contributed by atoms with van der Waals surface area (Å²) in [6.07, 6.45) is 5.25. The summed E-state index contributed by atoms with van der Waals surface area (Å²) < 4.78 is 0. The Morgan fingerprint density at radius 1 is 1.21 bits per heavy atom. The predicted molar refractivity (Wildman–Crippen MR) is 85.2 cm³/mol. The molecule has 19 heavy (non-hydrogen) atoms. The molecule has 0 aliphatic heterocycles. The maximum absolute atomic E-state index is 5.39. The molecule has 1 fully saturated rings. The van der Waals surface area contributed by atoms with Gasteiger partial charge in [0.15, 0.2) is 5.11 Å². The van der Waals surface area contributed by atoms with Gasteiger partial charge < -0.3 is 10.6 Å². The molecule has 1 aliphatic carbocycles. The molecular weight excluding hydrogens is 252 g/mol. The molecule has 2 rings (SSSR count). The Labute approximate surface area is 122 Å². The van der Waals surface area contributed by atoms with Gasteiger partial charge in [-0.1, -0.05) is 49.6 Å². The maximum Gasteiger partial charge on any atom is 0.166 e. The van der Waals surface area contributed by atoms with Crippen LogP contribution in [0.4, 0.5) is 0 Å². The van der Waals surface area contributed by atoms with Gasteiger partial charge in [-0.3, -0.25) is 0 Å². The van der Waals surface area contributed by atoms with E-state index in [2.05, 4.69) is 48.7 Å². The van der Waals surface area contributed by atoms with Crippen molar-refractivity contribution in [1.82, 2.24) is 10.6 Å². The molecule has 2 atom stereocenters. The first kappa shape index (κ1) is 14.3. The summed E-state index contributed by atoms with van der Waals surface area (Å²) in [6.45, 7) is 5.22. The van der Waals surface area contributed by atoms with E-state index in [0.717, 1.165) is 17.6 Å². The van der Waals surface area contributed by atoms with Gasteiger partial charge in [0, 0.05) is 12.6 Å². The van der Waals surface area contributed by atoms with E-state index in [1.54, 1.807) is 0 Å². The van der Waals surface area contributed by atoms with Crippen molar-refractivity contribution >= 4 is 17.3 Å². The molecule has 1 aromatic rings. The molecule has 1 aromatic carbocycles. The van der Waals surface area contributed by atoms with E-state index in [9.17, 15) is 0 Å². The molecular formula is C16H24N2S. The summed E-state index contributed by atoms with van der Waals surface area (Å²) in [5.74, 6) is 0.730. The average molecular weight is 276 g/mol. The molecule has 0 bridgehead atoms. The van der Waals surface area contributed by atoms with Crippen LogP contribution in [0.3, 0.4) is 0 Å². The molecule has 0 aromatic heterocycles. The number of benzene rings is 1. The number of aryl methyl sites for hydroxylation is 1. The van der Waals surface area contributed by atoms with E-state index < -0.39 is 0 Å². The summed E-state index contributed by atoms with van der Waals surface area (Å²) >= 11 is 5.39. The minimum atomic E-state index is 0.548. The van der Waals surface area contributed by atoms with Crippen molar-refractivity contribution in [2.45, 2.75) is 52.1 Å². The highest BCUT2D eigenvalue weighted by Crippen LogP contribution is 2.23. The topological polar surface area (TPSA) is 24.1 Å². The van der Waals surface area contributed by atoms with Crippen LogP contribution in [0.15, 0.2) is 24.3 Å². The van der Waals surface area contributed by atoms with Crippen LogP contribution in [0.1, 0.15) is 43.7 Å². The van der Waals surface area contributed by atoms with Gasteiger partial charge in [0.05, 0.1) is 0 Å². The van der Waals surface area contributed by atoms with Crippen LogP contribution < -0.4 is 10.6 Å². The summed E-state index contributed by atoms with van der Waals surface area (Å²) in [4.78, 5) is 0. The normalized spacial score (nSPS) is 22.8. The van der Waals surface area contributed by atoms with E-state index in [4.69, 9.17) is 12.2 Å². The SMILES string of the molecule is Cc1ccc(CNC(=S)N[C@H]2CCCC[C@@H]2C)cc1. The fraction of sp³-hybridized carbons (Fsp3) is 0.562. The molecule has 0 heterocycles.